The molecule has 1 rings (SSSR count). The summed E-state index contributed by atoms with van der Waals surface area (Å²) >= 11 is 1.48. The molecule has 76 valence electrons. The molecule has 0 aromatic heterocycles. The van der Waals surface area contributed by atoms with E-state index in [2.05, 4.69) is 12.1 Å². The summed E-state index contributed by atoms with van der Waals surface area (Å²) in [6, 6.07) is 10.1. The van der Waals surface area contributed by atoms with Crippen LogP contribution in [0.2, 0.25) is 0 Å². The first-order chi connectivity index (χ1) is 6.70. The molecule has 2 nitrogen and oxygen atoms in total. The fraction of sp³-hybridized carbons (Fsp3) is 0.364. The van der Waals surface area contributed by atoms with E-state index in [0.29, 0.717) is 0 Å². The zero-order valence-electron chi connectivity index (χ0n) is 8.14. The van der Waals surface area contributed by atoms with Crippen LogP contribution in [0.15, 0.2) is 30.3 Å². The Kier molecular flexibility index (Phi) is 4.53. The van der Waals surface area contributed by atoms with E-state index in [0.717, 1.165) is 12.2 Å². The van der Waals surface area contributed by atoms with E-state index >= 15 is 0 Å². The molecule has 0 aliphatic rings. The summed E-state index contributed by atoms with van der Waals surface area (Å²) < 4.78 is 0. The van der Waals surface area contributed by atoms with Gasteiger partial charge in [0.05, 0.1) is 5.25 Å². The Balaban J connectivity index is 2.26. The summed E-state index contributed by atoms with van der Waals surface area (Å²) in [6.45, 7) is 1.72. The van der Waals surface area contributed by atoms with E-state index in [4.69, 9.17) is 5.11 Å². The van der Waals surface area contributed by atoms with E-state index in [-0.39, 0.29) is 5.25 Å². The number of aryl methyl sites for hydroxylation is 1. The Morgan fingerprint density at radius 1 is 1.43 bits per heavy atom. The lowest BCUT2D eigenvalue weighted by molar-refractivity contribution is -0.136. The number of aliphatic carboxylic acids is 1. The van der Waals surface area contributed by atoms with Crippen molar-refractivity contribution < 1.29 is 9.90 Å². The highest BCUT2D eigenvalue weighted by molar-refractivity contribution is 8.00. The molecule has 0 saturated heterocycles. The second kappa shape index (κ2) is 5.70. The van der Waals surface area contributed by atoms with Gasteiger partial charge in [0.2, 0.25) is 0 Å². The lowest BCUT2D eigenvalue weighted by Gasteiger charge is -2.05. The van der Waals surface area contributed by atoms with Crippen LogP contribution in [0.3, 0.4) is 0 Å². The van der Waals surface area contributed by atoms with Crippen molar-refractivity contribution in [3.63, 3.8) is 0 Å². The molecule has 0 fully saturated rings. The van der Waals surface area contributed by atoms with E-state index in [9.17, 15) is 4.79 Å². The Morgan fingerprint density at radius 2 is 2.07 bits per heavy atom. The van der Waals surface area contributed by atoms with Gasteiger partial charge in [0.15, 0.2) is 0 Å². The Morgan fingerprint density at radius 3 is 2.64 bits per heavy atom. The third kappa shape index (κ3) is 3.83. The minimum Gasteiger partial charge on any atom is -0.480 e. The molecular formula is C11H14O2S. The van der Waals surface area contributed by atoms with E-state index < -0.39 is 5.97 Å². The van der Waals surface area contributed by atoms with Gasteiger partial charge in [-0.3, -0.25) is 4.79 Å². The van der Waals surface area contributed by atoms with Crippen LogP contribution in [0.1, 0.15) is 12.5 Å². The first kappa shape index (κ1) is 11.1. The van der Waals surface area contributed by atoms with Gasteiger partial charge in [0, 0.05) is 0 Å². The average Bonchev–Trinajstić information content (AvgIpc) is 2.19. The topological polar surface area (TPSA) is 37.3 Å². The molecule has 14 heavy (non-hydrogen) atoms. The van der Waals surface area contributed by atoms with Crippen LogP contribution in [0, 0.1) is 0 Å². The van der Waals surface area contributed by atoms with Crippen LogP contribution in [0.25, 0.3) is 0 Å². The zero-order valence-corrected chi connectivity index (χ0v) is 8.96. The Bertz CT molecular complexity index is 285. The maximum absolute atomic E-state index is 10.5. The second-order valence-corrected chi connectivity index (χ2v) is 4.54. The predicted molar refractivity (Wildman–Crippen MR) is 59.7 cm³/mol. The number of thioether (sulfide) groups is 1. The molecule has 0 heterocycles. The van der Waals surface area contributed by atoms with Crippen molar-refractivity contribution >= 4 is 17.7 Å². The van der Waals surface area contributed by atoms with Gasteiger partial charge in [-0.1, -0.05) is 30.3 Å². The smallest absolute Gasteiger partial charge is 0.316 e. The summed E-state index contributed by atoms with van der Waals surface area (Å²) in [5.41, 5.74) is 1.26. The van der Waals surface area contributed by atoms with Gasteiger partial charge in [-0.25, -0.2) is 0 Å². The van der Waals surface area contributed by atoms with Gasteiger partial charge in [-0.2, -0.15) is 0 Å². The van der Waals surface area contributed by atoms with Crippen molar-refractivity contribution in [2.45, 2.75) is 18.6 Å². The van der Waals surface area contributed by atoms with Crippen molar-refractivity contribution in [1.29, 1.82) is 0 Å². The molecule has 1 atom stereocenters. The predicted octanol–water partition coefficient (Wildman–Crippen LogP) is 2.44. The Labute approximate surface area is 88.3 Å². The Hall–Kier alpha value is -0.960. The molecular weight excluding hydrogens is 196 g/mol. The average molecular weight is 210 g/mol. The molecule has 1 aromatic carbocycles. The first-order valence-electron chi connectivity index (χ1n) is 4.58. The molecule has 0 radical (unpaired) electrons. The standard InChI is InChI=1S/C11H14O2S/c1-9(11(12)13)14-8-7-10-5-3-2-4-6-10/h2-6,9H,7-8H2,1H3,(H,12,13). The number of hydrogen-bond donors (Lipinski definition) is 1. The normalized spacial score (nSPS) is 12.4. The minimum atomic E-state index is -0.733. The number of benzene rings is 1. The van der Waals surface area contributed by atoms with Crippen LogP contribution < -0.4 is 0 Å². The number of carboxylic acid groups (broad SMARTS) is 1. The van der Waals surface area contributed by atoms with Crippen molar-refractivity contribution in [3.05, 3.63) is 35.9 Å². The maximum atomic E-state index is 10.5. The SMILES string of the molecule is CC(SCCc1ccccc1)C(=O)O. The van der Waals surface area contributed by atoms with Gasteiger partial charge in [0.25, 0.3) is 0 Å². The lowest BCUT2D eigenvalue weighted by Crippen LogP contribution is -2.12. The summed E-state index contributed by atoms with van der Waals surface area (Å²) in [5, 5.41) is 8.35. The highest BCUT2D eigenvalue weighted by Gasteiger charge is 2.09. The van der Waals surface area contributed by atoms with Gasteiger partial charge >= 0.3 is 5.97 Å². The van der Waals surface area contributed by atoms with Gasteiger partial charge in [-0.15, -0.1) is 11.8 Å². The fourth-order valence-corrected chi connectivity index (χ4v) is 1.92. The molecule has 1 aromatic rings. The minimum absolute atomic E-state index is 0.307. The number of carboxylic acids is 1. The van der Waals surface area contributed by atoms with E-state index in [1.165, 1.54) is 17.3 Å². The van der Waals surface area contributed by atoms with Crippen molar-refractivity contribution in [3.8, 4) is 0 Å². The summed E-state index contributed by atoms with van der Waals surface area (Å²) in [7, 11) is 0. The highest BCUT2D eigenvalue weighted by atomic mass is 32.2. The second-order valence-electron chi connectivity index (χ2n) is 3.09. The number of carbonyl (C=O) groups is 1. The zero-order chi connectivity index (χ0) is 10.4. The molecule has 3 heteroatoms. The van der Waals surface area contributed by atoms with Crippen molar-refractivity contribution in [1.82, 2.24) is 0 Å². The monoisotopic (exact) mass is 210 g/mol. The molecule has 0 spiro atoms. The third-order valence-electron chi connectivity index (χ3n) is 1.95. The van der Waals surface area contributed by atoms with Gasteiger partial charge in [0.1, 0.15) is 0 Å². The van der Waals surface area contributed by atoms with Gasteiger partial charge < -0.3 is 5.11 Å². The largest absolute Gasteiger partial charge is 0.480 e. The van der Waals surface area contributed by atoms with Crippen molar-refractivity contribution in [2.24, 2.45) is 0 Å². The number of rotatable bonds is 5. The quantitative estimate of drug-likeness (QED) is 0.811. The van der Waals surface area contributed by atoms with Crippen LogP contribution in [-0.2, 0) is 11.2 Å². The van der Waals surface area contributed by atoms with Crippen LogP contribution in [0.5, 0.6) is 0 Å². The molecule has 0 amide bonds. The van der Waals surface area contributed by atoms with E-state index in [1.807, 2.05) is 18.2 Å². The summed E-state index contributed by atoms with van der Waals surface area (Å²) in [5.74, 6) is 0.125. The lowest BCUT2D eigenvalue weighted by atomic mass is 10.2. The molecule has 0 saturated carbocycles. The highest BCUT2D eigenvalue weighted by Crippen LogP contribution is 2.12. The van der Waals surface area contributed by atoms with Crippen LogP contribution in [-0.4, -0.2) is 22.1 Å². The molecule has 1 N–H and O–H groups in total. The van der Waals surface area contributed by atoms with Crippen molar-refractivity contribution in [2.75, 3.05) is 5.75 Å². The van der Waals surface area contributed by atoms with E-state index in [1.54, 1.807) is 6.92 Å². The number of hydrogen-bond acceptors (Lipinski definition) is 2. The molecule has 0 bridgehead atoms. The molecule has 1 unspecified atom stereocenters. The van der Waals surface area contributed by atoms with Crippen LogP contribution in [0.4, 0.5) is 0 Å². The molecule has 0 aliphatic carbocycles. The third-order valence-corrected chi connectivity index (χ3v) is 3.09. The molecule has 0 aliphatic heterocycles. The van der Waals surface area contributed by atoms with Crippen LogP contribution >= 0.6 is 11.8 Å². The fourth-order valence-electron chi connectivity index (χ4n) is 1.07. The summed E-state index contributed by atoms with van der Waals surface area (Å²) in [4.78, 5) is 10.5. The van der Waals surface area contributed by atoms with Gasteiger partial charge in [-0.05, 0) is 24.7 Å². The summed E-state index contributed by atoms with van der Waals surface area (Å²) in [6.07, 6.45) is 0.934. The maximum Gasteiger partial charge on any atom is 0.316 e. The first-order valence-corrected chi connectivity index (χ1v) is 5.63.